The van der Waals surface area contributed by atoms with Crippen LogP contribution in [-0.4, -0.2) is 23.6 Å². The first-order valence-corrected chi connectivity index (χ1v) is 10.9. The highest BCUT2D eigenvalue weighted by molar-refractivity contribution is 9.10. The van der Waals surface area contributed by atoms with Crippen molar-refractivity contribution in [2.45, 2.75) is 13.5 Å². The van der Waals surface area contributed by atoms with E-state index in [-0.39, 0.29) is 23.8 Å². The summed E-state index contributed by atoms with van der Waals surface area (Å²) in [6.45, 7) is 2.50. The van der Waals surface area contributed by atoms with E-state index in [0.29, 0.717) is 39.6 Å². The van der Waals surface area contributed by atoms with Crippen LogP contribution in [0.3, 0.4) is 0 Å². The van der Waals surface area contributed by atoms with E-state index in [0.717, 1.165) is 5.56 Å². The molecule has 1 amide bonds. The van der Waals surface area contributed by atoms with Gasteiger partial charge in [-0.05, 0) is 76.5 Å². The van der Waals surface area contributed by atoms with Gasteiger partial charge in [0.25, 0.3) is 5.91 Å². The second-order valence-electron chi connectivity index (χ2n) is 7.11. The van der Waals surface area contributed by atoms with E-state index in [1.54, 1.807) is 42.5 Å². The average molecular weight is 510 g/mol. The van der Waals surface area contributed by atoms with E-state index in [1.165, 1.54) is 12.1 Å². The molecular formula is C25H20BrNO6. The number of para-hydroxylation sites is 2. The van der Waals surface area contributed by atoms with Crippen LogP contribution in [0.25, 0.3) is 6.08 Å². The Morgan fingerprint density at radius 1 is 1.12 bits per heavy atom. The predicted octanol–water partition coefficient (Wildman–Crippen LogP) is 5.50. The minimum atomic E-state index is -0.979. The number of carbonyl (C=O) groups is 2. The highest BCUT2D eigenvalue weighted by Gasteiger charge is 2.22. The summed E-state index contributed by atoms with van der Waals surface area (Å²) < 4.78 is 18.1. The lowest BCUT2D eigenvalue weighted by molar-refractivity contribution is -0.115. The van der Waals surface area contributed by atoms with Gasteiger partial charge in [-0.1, -0.05) is 24.3 Å². The number of nitrogens with one attached hydrogen (secondary N) is 1. The molecule has 8 heteroatoms. The Labute approximate surface area is 198 Å². The molecule has 2 N–H and O–H groups in total. The van der Waals surface area contributed by atoms with Gasteiger partial charge < -0.3 is 24.6 Å². The molecule has 3 aromatic carbocycles. The zero-order valence-electron chi connectivity index (χ0n) is 17.6. The maximum Gasteiger partial charge on any atom is 0.335 e. The molecule has 7 nitrogen and oxygen atoms in total. The first kappa shape index (κ1) is 22.4. The molecule has 4 rings (SSSR count). The molecule has 1 aliphatic rings. The summed E-state index contributed by atoms with van der Waals surface area (Å²) >= 11 is 3.52. The Balaban J connectivity index is 1.57. The third kappa shape index (κ3) is 5.18. The molecule has 0 aromatic heterocycles. The molecule has 3 aromatic rings. The third-order valence-corrected chi connectivity index (χ3v) is 5.38. The Morgan fingerprint density at radius 3 is 2.61 bits per heavy atom. The summed E-state index contributed by atoms with van der Waals surface area (Å²) in [6.07, 6.45) is 1.63. The molecule has 0 atom stereocenters. The molecule has 0 aliphatic carbocycles. The number of aromatic carboxylic acids is 1. The Hall–Kier alpha value is -3.78. The fraction of sp³-hybridized carbons (Fsp3) is 0.120. The quantitative estimate of drug-likeness (QED) is 0.408. The second kappa shape index (κ2) is 9.79. The number of anilines is 1. The van der Waals surface area contributed by atoms with Gasteiger partial charge >= 0.3 is 5.97 Å². The molecule has 0 bridgehead atoms. The zero-order valence-corrected chi connectivity index (χ0v) is 19.2. The van der Waals surface area contributed by atoms with Crippen LogP contribution < -0.4 is 19.5 Å². The number of hydrogen-bond acceptors (Lipinski definition) is 5. The summed E-state index contributed by atoms with van der Waals surface area (Å²) in [4.78, 5) is 23.5. The van der Waals surface area contributed by atoms with E-state index in [4.69, 9.17) is 19.3 Å². The number of benzene rings is 3. The lowest BCUT2D eigenvalue weighted by Gasteiger charge is -2.20. The van der Waals surface area contributed by atoms with Crippen molar-refractivity contribution in [2.75, 3.05) is 11.9 Å². The number of halogens is 1. The SMILES string of the molecule is CCOc1cc(/C=C2/Oc3ccccc3NC2=O)cc(Br)c1OCc1ccc(C(=O)O)cc1. The Bertz CT molecular complexity index is 1240. The average Bonchev–Trinajstić information content (AvgIpc) is 2.79. The number of ether oxygens (including phenoxy) is 3. The zero-order chi connectivity index (χ0) is 23.4. The first-order chi connectivity index (χ1) is 15.9. The molecule has 33 heavy (non-hydrogen) atoms. The molecule has 1 aliphatic heterocycles. The van der Waals surface area contributed by atoms with Crippen LogP contribution in [0.4, 0.5) is 5.69 Å². The summed E-state index contributed by atoms with van der Waals surface area (Å²) in [5.74, 6) is 0.412. The number of carboxylic acids is 1. The van der Waals surface area contributed by atoms with Gasteiger partial charge in [0.15, 0.2) is 23.0 Å². The number of rotatable bonds is 7. The van der Waals surface area contributed by atoms with Crippen molar-refractivity contribution in [2.24, 2.45) is 0 Å². The maximum atomic E-state index is 12.4. The molecular weight excluding hydrogens is 490 g/mol. The highest BCUT2D eigenvalue weighted by Crippen LogP contribution is 2.39. The second-order valence-corrected chi connectivity index (χ2v) is 7.97. The number of fused-ring (bicyclic) bond motifs is 1. The molecule has 0 radical (unpaired) electrons. The minimum absolute atomic E-state index is 0.162. The summed E-state index contributed by atoms with van der Waals surface area (Å²) in [5.41, 5.74) is 2.33. The Morgan fingerprint density at radius 2 is 1.88 bits per heavy atom. The van der Waals surface area contributed by atoms with Crippen molar-refractivity contribution in [1.82, 2.24) is 0 Å². The van der Waals surface area contributed by atoms with Gasteiger partial charge in [0.1, 0.15) is 6.61 Å². The van der Waals surface area contributed by atoms with Crippen molar-refractivity contribution < 1.29 is 28.9 Å². The van der Waals surface area contributed by atoms with Crippen molar-refractivity contribution in [3.63, 3.8) is 0 Å². The van der Waals surface area contributed by atoms with Gasteiger partial charge in [0, 0.05) is 0 Å². The number of amides is 1. The van der Waals surface area contributed by atoms with E-state index >= 15 is 0 Å². The van der Waals surface area contributed by atoms with Gasteiger partial charge in [0.2, 0.25) is 0 Å². The normalized spacial score (nSPS) is 13.6. The minimum Gasteiger partial charge on any atom is -0.490 e. The van der Waals surface area contributed by atoms with Gasteiger partial charge in [-0.3, -0.25) is 4.79 Å². The number of hydrogen-bond donors (Lipinski definition) is 2. The van der Waals surface area contributed by atoms with Crippen molar-refractivity contribution >= 4 is 39.6 Å². The third-order valence-electron chi connectivity index (χ3n) is 4.79. The van der Waals surface area contributed by atoms with Crippen LogP contribution >= 0.6 is 15.9 Å². The van der Waals surface area contributed by atoms with Crippen LogP contribution in [0.15, 0.2) is 70.9 Å². The first-order valence-electron chi connectivity index (χ1n) is 10.2. The van der Waals surface area contributed by atoms with E-state index in [9.17, 15) is 9.59 Å². The number of carboxylic acid groups (broad SMARTS) is 1. The van der Waals surface area contributed by atoms with Gasteiger partial charge in [-0.2, -0.15) is 0 Å². The van der Waals surface area contributed by atoms with Crippen molar-refractivity contribution in [1.29, 1.82) is 0 Å². The van der Waals surface area contributed by atoms with Crippen LogP contribution in [0.5, 0.6) is 17.2 Å². The largest absolute Gasteiger partial charge is 0.490 e. The fourth-order valence-corrected chi connectivity index (χ4v) is 3.80. The molecule has 0 saturated heterocycles. The topological polar surface area (TPSA) is 94.1 Å². The Kier molecular flexibility index (Phi) is 6.65. The fourth-order valence-electron chi connectivity index (χ4n) is 3.23. The predicted molar refractivity (Wildman–Crippen MR) is 127 cm³/mol. The van der Waals surface area contributed by atoms with Crippen molar-refractivity contribution in [3.05, 3.63) is 87.6 Å². The van der Waals surface area contributed by atoms with Gasteiger partial charge in [-0.25, -0.2) is 4.79 Å². The molecule has 1 heterocycles. The molecule has 0 unspecified atom stereocenters. The summed E-state index contributed by atoms with van der Waals surface area (Å²) in [6, 6.07) is 17.2. The summed E-state index contributed by atoms with van der Waals surface area (Å²) in [7, 11) is 0. The van der Waals surface area contributed by atoms with Gasteiger partial charge in [0.05, 0.1) is 22.3 Å². The standard InChI is InChI=1S/C25H20BrNO6/c1-2-31-21-12-16(13-22-24(28)27-19-5-3-4-6-20(19)33-22)11-18(26)23(21)32-14-15-7-9-17(10-8-15)25(29)30/h3-13H,2,14H2,1H3,(H,27,28)(H,29,30)/b22-13+. The lowest BCUT2D eigenvalue weighted by atomic mass is 10.1. The molecule has 0 fully saturated rings. The molecule has 0 spiro atoms. The van der Waals surface area contributed by atoms with E-state index in [1.807, 2.05) is 19.1 Å². The van der Waals surface area contributed by atoms with Crippen LogP contribution in [0.2, 0.25) is 0 Å². The van der Waals surface area contributed by atoms with Gasteiger partial charge in [-0.15, -0.1) is 0 Å². The van der Waals surface area contributed by atoms with Crippen LogP contribution in [0.1, 0.15) is 28.4 Å². The van der Waals surface area contributed by atoms with Crippen LogP contribution in [0, 0.1) is 0 Å². The van der Waals surface area contributed by atoms with E-state index in [2.05, 4.69) is 21.2 Å². The number of carbonyl (C=O) groups excluding carboxylic acids is 1. The van der Waals surface area contributed by atoms with Crippen molar-refractivity contribution in [3.8, 4) is 17.2 Å². The smallest absolute Gasteiger partial charge is 0.335 e. The van der Waals surface area contributed by atoms with E-state index < -0.39 is 5.97 Å². The molecule has 0 saturated carbocycles. The highest BCUT2D eigenvalue weighted by atomic mass is 79.9. The maximum absolute atomic E-state index is 12.4. The summed E-state index contributed by atoms with van der Waals surface area (Å²) in [5, 5.41) is 11.8. The van der Waals surface area contributed by atoms with Crippen LogP contribution in [-0.2, 0) is 11.4 Å². The monoisotopic (exact) mass is 509 g/mol. The lowest BCUT2D eigenvalue weighted by Crippen LogP contribution is -2.23. The molecule has 168 valence electrons.